The van der Waals surface area contributed by atoms with Crippen molar-refractivity contribution in [3.63, 3.8) is 0 Å². The zero-order valence-corrected chi connectivity index (χ0v) is 8.20. The molecule has 1 atom stereocenters. The number of pyridine rings is 1. The number of hydrogen-bond donors (Lipinski definition) is 2. The van der Waals surface area contributed by atoms with Gasteiger partial charge in [0, 0.05) is 18.8 Å². The maximum absolute atomic E-state index is 13.1. The normalized spacial score (nSPS) is 12.9. The average molecular weight is 198 g/mol. The molecule has 1 rings (SSSR count). The summed E-state index contributed by atoms with van der Waals surface area (Å²) in [6.45, 7) is 1.72. The number of halogens is 1. The molecule has 0 saturated heterocycles. The van der Waals surface area contributed by atoms with Crippen LogP contribution in [0.3, 0.4) is 0 Å². The van der Waals surface area contributed by atoms with Crippen LogP contribution in [0, 0.1) is 12.7 Å². The van der Waals surface area contributed by atoms with Crippen LogP contribution in [0.1, 0.15) is 30.1 Å². The number of aliphatic hydroxyl groups is 1. The van der Waals surface area contributed by atoms with Gasteiger partial charge < -0.3 is 10.8 Å². The molecular weight excluding hydrogens is 183 g/mol. The van der Waals surface area contributed by atoms with Crippen molar-refractivity contribution in [2.45, 2.75) is 25.8 Å². The van der Waals surface area contributed by atoms with Crippen molar-refractivity contribution in [1.82, 2.24) is 4.98 Å². The van der Waals surface area contributed by atoms with Gasteiger partial charge in [0.05, 0.1) is 5.69 Å². The summed E-state index contributed by atoms with van der Waals surface area (Å²) in [5, 5.41) is 8.62. The lowest BCUT2D eigenvalue weighted by atomic mass is 10.0. The number of nitrogens with zero attached hydrogens (tertiary/aromatic N) is 1. The number of rotatable bonds is 4. The molecule has 78 valence electrons. The highest BCUT2D eigenvalue weighted by Crippen LogP contribution is 2.16. The molecule has 0 aliphatic rings. The number of hydrogen-bond acceptors (Lipinski definition) is 3. The molecule has 0 spiro atoms. The van der Waals surface area contributed by atoms with Crippen molar-refractivity contribution in [1.29, 1.82) is 0 Å². The minimum absolute atomic E-state index is 0.107. The molecule has 0 unspecified atom stereocenters. The number of aromatic nitrogens is 1. The van der Waals surface area contributed by atoms with Crippen molar-refractivity contribution >= 4 is 0 Å². The molecule has 0 aliphatic carbocycles. The zero-order chi connectivity index (χ0) is 10.6. The highest BCUT2D eigenvalue weighted by molar-refractivity contribution is 5.18. The van der Waals surface area contributed by atoms with Crippen molar-refractivity contribution in [2.24, 2.45) is 5.73 Å². The molecule has 1 aromatic heterocycles. The van der Waals surface area contributed by atoms with Crippen molar-refractivity contribution in [2.75, 3.05) is 6.61 Å². The van der Waals surface area contributed by atoms with Crippen LogP contribution in [0.2, 0.25) is 0 Å². The monoisotopic (exact) mass is 198 g/mol. The largest absolute Gasteiger partial charge is 0.396 e. The summed E-state index contributed by atoms with van der Waals surface area (Å²) < 4.78 is 13.1. The van der Waals surface area contributed by atoms with Crippen LogP contribution in [-0.2, 0) is 0 Å². The third-order valence-corrected chi connectivity index (χ3v) is 2.15. The highest BCUT2D eigenvalue weighted by atomic mass is 19.1. The van der Waals surface area contributed by atoms with Crippen molar-refractivity contribution in [3.8, 4) is 0 Å². The number of aryl methyl sites for hydroxylation is 1. The molecule has 14 heavy (non-hydrogen) atoms. The van der Waals surface area contributed by atoms with Crippen LogP contribution >= 0.6 is 0 Å². The van der Waals surface area contributed by atoms with Gasteiger partial charge in [0.2, 0.25) is 0 Å². The molecule has 0 amide bonds. The average Bonchev–Trinajstić information content (AvgIpc) is 2.18. The lowest BCUT2D eigenvalue weighted by Crippen LogP contribution is -2.11. The van der Waals surface area contributed by atoms with E-state index in [1.807, 2.05) is 0 Å². The maximum atomic E-state index is 13.1. The molecule has 0 bridgehead atoms. The van der Waals surface area contributed by atoms with E-state index in [1.165, 1.54) is 6.07 Å². The Labute approximate surface area is 82.8 Å². The van der Waals surface area contributed by atoms with Gasteiger partial charge in [-0.2, -0.15) is 0 Å². The molecule has 3 N–H and O–H groups in total. The second-order valence-electron chi connectivity index (χ2n) is 3.31. The first-order valence-corrected chi connectivity index (χ1v) is 4.63. The molecular formula is C10H15FN2O. The van der Waals surface area contributed by atoms with E-state index < -0.39 is 0 Å². The van der Waals surface area contributed by atoms with E-state index >= 15 is 0 Å². The quantitative estimate of drug-likeness (QED) is 0.766. The van der Waals surface area contributed by atoms with Crippen LogP contribution in [0.25, 0.3) is 0 Å². The predicted molar refractivity (Wildman–Crippen MR) is 52.2 cm³/mol. The fraction of sp³-hybridized carbons (Fsp3) is 0.500. The number of aliphatic hydroxyl groups excluding tert-OH is 1. The molecule has 0 aromatic carbocycles. The minimum atomic E-state index is -0.332. The smallest absolute Gasteiger partial charge is 0.144 e. The first-order valence-electron chi connectivity index (χ1n) is 4.63. The predicted octanol–water partition coefficient (Wildman–Crippen LogP) is 1.30. The topological polar surface area (TPSA) is 59.1 Å². The molecule has 3 nitrogen and oxygen atoms in total. The molecule has 1 aromatic rings. The second-order valence-corrected chi connectivity index (χ2v) is 3.31. The summed E-state index contributed by atoms with van der Waals surface area (Å²) in [7, 11) is 0. The highest BCUT2D eigenvalue weighted by Gasteiger charge is 2.08. The van der Waals surface area contributed by atoms with E-state index in [4.69, 9.17) is 10.8 Å². The SMILES string of the molecule is Cc1ncc([C@@H](N)CCCO)cc1F. The zero-order valence-electron chi connectivity index (χ0n) is 8.20. The molecule has 0 aliphatic heterocycles. The summed E-state index contributed by atoms with van der Waals surface area (Å²) >= 11 is 0. The van der Waals surface area contributed by atoms with Crippen LogP contribution in [0.4, 0.5) is 4.39 Å². The Bertz CT molecular complexity index is 304. The van der Waals surface area contributed by atoms with E-state index in [9.17, 15) is 4.39 Å². The van der Waals surface area contributed by atoms with Gasteiger partial charge >= 0.3 is 0 Å². The second kappa shape index (κ2) is 5.02. The summed E-state index contributed by atoms with van der Waals surface area (Å²) in [5.41, 5.74) is 6.84. The molecule has 1 heterocycles. The van der Waals surface area contributed by atoms with Crippen LogP contribution in [0.15, 0.2) is 12.3 Å². The Morgan fingerprint density at radius 3 is 2.93 bits per heavy atom. The van der Waals surface area contributed by atoms with Gasteiger partial charge in [0.1, 0.15) is 5.82 Å². The summed E-state index contributed by atoms with van der Waals surface area (Å²) in [6, 6.07) is 1.16. The van der Waals surface area contributed by atoms with E-state index in [1.54, 1.807) is 13.1 Å². The third kappa shape index (κ3) is 2.75. The standard InChI is InChI=1S/C10H15FN2O/c1-7-9(11)5-8(6-13-7)10(12)3-2-4-14/h5-6,10,14H,2-4,12H2,1H3/t10-/m0/s1. The van der Waals surface area contributed by atoms with E-state index in [-0.39, 0.29) is 18.5 Å². The van der Waals surface area contributed by atoms with E-state index in [0.29, 0.717) is 24.1 Å². The molecule has 0 fully saturated rings. The van der Waals surface area contributed by atoms with Gasteiger partial charge in [-0.1, -0.05) is 0 Å². The van der Waals surface area contributed by atoms with E-state index in [2.05, 4.69) is 4.98 Å². The van der Waals surface area contributed by atoms with Crippen molar-refractivity contribution < 1.29 is 9.50 Å². The minimum Gasteiger partial charge on any atom is -0.396 e. The van der Waals surface area contributed by atoms with Gasteiger partial charge in [-0.3, -0.25) is 4.98 Å². The molecule has 0 saturated carbocycles. The van der Waals surface area contributed by atoms with Gasteiger partial charge in [-0.15, -0.1) is 0 Å². The Morgan fingerprint density at radius 2 is 2.36 bits per heavy atom. The molecule has 0 radical (unpaired) electrons. The van der Waals surface area contributed by atoms with Gasteiger partial charge in [-0.25, -0.2) is 4.39 Å². The summed E-state index contributed by atoms with van der Waals surface area (Å²) in [6.07, 6.45) is 2.85. The summed E-state index contributed by atoms with van der Waals surface area (Å²) in [4.78, 5) is 3.89. The first-order chi connectivity index (χ1) is 6.65. The lowest BCUT2D eigenvalue weighted by molar-refractivity contribution is 0.280. The van der Waals surface area contributed by atoms with Crippen molar-refractivity contribution in [3.05, 3.63) is 29.3 Å². The van der Waals surface area contributed by atoms with Crippen LogP contribution in [-0.4, -0.2) is 16.7 Å². The van der Waals surface area contributed by atoms with Gasteiger partial charge in [-0.05, 0) is 31.4 Å². The first kappa shape index (κ1) is 11.1. The van der Waals surface area contributed by atoms with Gasteiger partial charge in [0.25, 0.3) is 0 Å². The number of nitrogens with two attached hydrogens (primary N) is 1. The van der Waals surface area contributed by atoms with Gasteiger partial charge in [0.15, 0.2) is 0 Å². The Balaban J connectivity index is 2.70. The molecule has 4 heteroatoms. The van der Waals surface area contributed by atoms with E-state index in [0.717, 1.165) is 0 Å². The Morgan fingerprint density at radius 1 is 1.64 bits per heavy atom. The Hall–Kier alpha value is -1.00. The Kier molecular flexibility index (Phi) is 3.98. The van der Waals surface area contributed by atoms with Crippen LogP contribution < -0.4 is 5.73 Å². The fourth-order valence-corrected chi connectivity index (χ4v) is 1.20. The lowest BCUT2D eigenvalue weighted by Gasteiger charge is -2.11. The third-order valence-electron chi connectivity index (χ3n) is 2.15. The fourth-order valence-electron chi connectivity index (χ4n) is 1.20. The van der Waals surface area contributed by atoms with Crippen LogP contribution in [0.5, 0.6) is 0 Å². The maximum Gasteiger partial charge on any atom is 0.144 e. The summed E-state index contributed by atoms with van der Waals surface area (Å²) in [5.74, 6) is -0.332.